The van der Waals surface area contributed by atoms with E-state index in [4.69, 9.17) is 4.74 Å². The van der Waals surface area contributed by atoms with Crippen molar-refractivity contribution in [3.05, 3.63) is 46.8 Å². The predicted molar refractivity (Wildman–Crippen MR) is 123 cm³/mol. The number of anilines is 2. The molecule has 1 fully saturated rings. The first-order valence-corrected chi connectivity index (χ1v) is 11.5. The van der Waals surface area contributed by atoms with Gasteiger partial charge in [0, 0.05) is 17.1 Å². The summed E-state index contributed by atoms with van der Waals surface area (Å²) in [6.07, 6.45) is 2.43. The lowest BCUT2D eigenvalue weighted by Crippen LogP contribution is -2.44. The summed E-state index contributed by atoms with van der Waals surface area (Å²) in [5.41, 5.74) is 1.18. The molecule has 1 aliphatic rings. The highest BCUT2D eigenvalue weighted by atomic mass is 32.1. The van der Waals surface area contributed by atoms with E-state index in [9.17, 15) is 14.4 Å². The molecule has 1 aromatic heterocycles. The number of likely N-dealkylation sites (tertiary alicyclic amines) is 1. The van der Waals surface area contributed by atoms with Crippen LogP contribution in [0.5, 0.6) is 0 Å². The molecule has 3 rings (SSSR count). The third-order valence-corrected chi connectivity index (χ3v) is 6.36. The standard InChI is InChI=1S/C23H29N3O4S/c1-3-18-13-19(23(29)30-4-2)22(31-18)25-20(27)15-26-12-8-9-16(14-26)21(28)24-17-10-6-5-7-11-17/h5-7,10-11,13,16H,3-4,8-9,12,14-15H2,1-2H3,(H,24,28)(H,25,27). The molecule has 2 aromatic rings. The number of aryl methyl sites for hydroxylation is 1. The first-order chi connectivity index (χ1) is 15.0. The van der Waals surface area contributed by atoms with Crippen LogP contribution < -0.4 is 10.6 Å². The summed E-state index contributed by atoms with van der Waals surface area (Å²) in [5, 5.41) is 6.35. The molecule has 0 radical (unpaired) electrons. The van der Waals surface area contributed by atoms with Gasteiger partial charge in [-0.3, -0.25) is 14.5 Å². The summed E-state index contributed by atoms with van der Waals surface area (Å²) in [5.74, 6) is -0.805. The summed E-state index contributed by atoms with van der Waals surface area (Å²) < 4.78 is 5.11. The number of carbonyl (C=O) groups is 3. The number of hydrogen-bond acceptors (Lipinski definition) is 6. The molecule has 1 saturated heterocycles. The molecule has 1 atom stereocenters. The molecule has 1 unspecified atom stereocenters. The second-order valence-electron chi connectivity index (χ2n) is 7.51. The lowest BCUT2D eigenvalue weighted by Gasteiger charge is -2.31. The fraction of sp³-hybridized carbons (Fsp3) is 0.435. The highest BCUT2D eigenvalue weighted by molar-refractivity contribution is 7.16. The van der Waals surface area contributed by atoms with Crippen LogP contribution in [0.1, 0.15) is 41.9 Å². The van der Waals surface area contributed by atoms with Crippen molar-refractivity contribution in [3.8, 4) is 0 Å². The molecule has 2 amide bonds. The molecule has 0 spiro atoms. The minimum Gasteiger partial charge on any atom is -0.462 e. The molecule has 7 nitrogen and oxygen atoms in total. The SMILES string of the molecule is CCOC(=O)c1cc(CC)sc1NC(=O)CN1CCCC(C(=O)Nc2ccccc2)C1. The molecule has 166 valence electrons. The van der Waals surface area contributed by atoms with Gasteiger partial charge in [-0.15, -0.1) is 11.3 Å². The highest BCUT2D eigenvalue weighted by Gasteiger charge is 2.27. The van der Waals surface area contributed by atoms with Gasteiger partial charge in [0.15, 0.2) is 0 Å². The van der Waals surface area contributed by atoms with E-state index in [1.165, 1.54) is 11.3 Å². The van der Waals surface area contributed by atoms with E-state index in [-0.39, 0.29) is 30.9 Å². The zero-order valence-corrected chi connectivity index (χ0v) is 18.8. The number of esters is 1. The Morgan fingerprint density at radius 3 is 2.65 bits per heavy atom. The van der Waals surface area contributed by atoms with Crippen LogP contribution in [-0.4, -0.2) is 48.9 Å². The fourth-order valence-corrected chi connectivity index (χ4v) is 4.62. The van der Waals surface area contributed by atoms with Crippen molar-refractivity contribution in [3.63, 3.8) is 0 Å². The molecule has 0 aliphatic carbocycles. The van der Waals surface area contributed by atoms with Crippen molar-refractivity contribution >= 4 is 39.8 Å². The van der Waals surface area contributed by atoms with Crippen molar-refractivity contribution in [2.24, 2.45) is 5.92 Å². The molecule has 0 bridgehead atoms. The molecule has 1 aromatic carbocycles. The smallest absolute Gasteiger partial charge is 0.341 e. The van der Waals surface area contributed by atoms with Gasteiger partial charge in [0.05, 0.1) is 24.6 Å². The summed E-state index contributed by atoms with van der Waals surface area (Å²) >= 11 is 1.40. The molecule has 0 saturated carbocycles. The topological polar surface area (TPSA) is 87.7 Å². The van der Waals surface area contributed by atoms with Crippen molar-refractivity contribution in [2.45, 2.75) is 33.1 Å². The number of nitrogens with one attached hydrogen (secondary N) is 2. The lowest BCUT2D eigenvalue weighted by molar-refractivity contribution is -0.123. The molecule has 31 heavy (non-hydrogen) atoms. The zero-order valence-electron chi connectivity index (χ0n) is 18.0. The van der Waals surface area contributed by atoms with Crippen LogP contribution in [0.25, 0.3) is 0 Å². The number of thiophene rings is 1. The van der Waals surface area contributed by atoms with Crippen LogP contribution in [0.4, 0.5) is 10.7 Å². The Bertz CT molecular complexity index is 913. The van der Waals surface area contributed by atoms with E-state index < -0.39 is 5.97 Å². The molecule has 1 aliphatic heterocycles. The van der Waals surface area contributed by atoms with Crippen molar-refractivity contribution in [1.82, 2.24) is 4.90 Å². The number of ether oxygens (including phenoxy) is 1. The minimum atomic E-state index is -0.427. The van der Waals surface area contributed by atoms with Crippen LogP contribution >= 0.6 is 11.3 Å². The Hall–Kier alpha value is -2.71. The summed E-state index contributed by atoms with van der Waals surface area (Å²) in [4.78, 5) is 40.5. The average Bonchev–Trinajstić information content (AvgIpc) is 3.17. The van der Waals surface area contributed by atoms with Gasteiger partial charge in [0.25, 0.3) is 0 Å². The molecule has 2 heterocycles. The van der Waals surface area contributed by atoms with Gasteiger partial charge in [-0.25, -0.2) is 4.79 Å². The van der Waals surface area contributed by atoms with Gasteiger partial charge in [-0.2, -0.15) is 0 Å². The van der Waals surface area contributed by atoms with E-state index in [0.717, 1.165) is 36.4 Å². The average molecular weight is 444 g/mol. The van der Waals surface area contributed by atoms with E-state index >= 15 is 0 Å². The number of para-hydroxylation sites is 1. The maximum absolute atomic E-state index is 12.7. The minimum absolute atomic E-state index is 0.0215. The third kappa shape index (κ3) is 6.38. The lowest BCUT2D eigenvalue weighted by atomic mass is 9.97. The van der Waals surface area contributed by atoms with Crippen LogP contribution in [-0.2, 0) is 20.7 Å². The van der Waals surface area contributed by atoms with Gasteiger partial charge in [0.1, 0.15) is 5.00 Å². The number of hydrogen-bond donors (Lipinski definition) is 2. The number of benzene rings is 1. The fourth-order valence-electron chi connectivity index (χ4n) is 3.62. The van der Waals surface area contributed by atoms with Crippen LogP contribution in [0.3, 0.4) is 0 Å². The van der Waals surface area contributed by atoms with Crippen LogP contribution in [0.2, 0.25) is 0 Å². The molecular formula is C23H29N3O4S. The van der Waals surface area contributed by atoms with E-state index in [2.05, 4.69) is 10.6 Å². The van der Waals surface area contributed by atoms with Crippen molar-refractivity contribution in [2.75, 3.05) is 36.9 Å². The number of amides is 2. The summed E-state index contributed by atoms with van der Waals surface area (Å²) in [6, 6.07) is 11.2. The zero-order chi connectivity index (χ0) is 22.2. The first-order valence-electron chi connectivity index (χ1n) is 10.7. The molecule has 2 N–H and O–H groups in total. The maximum Gasteiger partial charge on any atom is 0.341 e. The first kappa shape index (κ1) is 23.0. The Labute approximate surface area is 186 Å². The summed E-state index contributed by atoms with van der Waals surface area (Å²) in [7, 11) is 0. The van der Waals surface area contributed by atoms with Crippen LogP contribution in [0, 0.1) is 5.92 Å². The highest BCUT2D eigenvalue weighted by Crippen LogP contribution is 2.29. The summed E-state index contributed by atoms with van der Waals surface area (Å²) in [6.45, 7) is 5.50. The normalized spacial score (nSPS) is 16.5. The molecular weight excluding hydrogens is 414 g/mol. The van der Waals surface area contributed by atoms with Crippen molar-refractivity contribution < 1.29 is 19.1 Å². The van der Waals surface area contributed by atoms with Gasteiger partial charge in [-0.05, 0) is 50.9 Å². The van der Waals surface area contributed by atoms with Crippen molar-refractivity contribution in [1.29, 1.82) is 0 Å². The Morgan fingerprint density at radius 1 is 1.16 bits per heavy atom. The molecule has 8 heteroatoms. The Balaban J connectivity index is 1.57. The van der Waals surface area contributed by atoms with Gasteiger partial charge >= 0.3 is 5.97 Å². The van der Waals surface area contributed by atoms with Gasteiger partial charge in [-0.1, -0.05) is 25.1 Å². The van der Waals surface area contributed by atoms with Gasteiger partial charge in [0.2, 0.25) is 11.8 Å². The number of rotatable bonds is 8. The van der Waals surface area contributed by atoms with Crippen LogP contribution in [0.15, 0.2) is 36.4 Å². The number of piperidine rings is 1. The quantitative estimate of drug-likeness (QED) is 0.607. The second-order valence-corrected chi connectivity index (χ2v) is 8.64. The van der Waals surface area contributed by atoms with E-state index in [1.54, 1.807) is 13.0 Å². The second kappa shape index (κ2) is 11.1. The largest absolute Gasteiger partial charge is 0.462 e. The number of carbonyl (C=O) groups excluding carboxylic acids is 3. The van der Waals surface area contributed by atoms with Gasteiger partial charge < -0.3 is 15.4 Å². The Kier molecular flexibility index (Phi) is 8.20. The maximum atomic E-state index is 12.7. The third-order valence-electron chi connectivity index (χ3n) is 5.16. The monoisotopic (exact) mass is 443 g/mol. The number of nitrogens with zero attached hydrogens (tertiary/aromatic N) is 1. The van der Waals surface area contributed by atoms with E-state index in [1.807, 2.05) is 42.2 Å². The predicted octanol–water partition coefficient (Wildman–Crippen LogP) is 3.78. The van der Waals surface area contributed by atoms with E-state index in [0.29, 0.717) is 17.1 Å². The Morgan fingerprint density at radius 2 is 1.94 bits per heavy atom.